The Hall–Kier alpha value is -4.94. The van der Waals surface area contributed by atoms with Crippen molar-refractivity contribution in [2.75, 3.05) is 7.11 Å². The zero-order valence-electron chi connectivity index (χ0n) is 25.7. The maximum Gasteiger partial charge on any atom is 0.491 e. The summed E-state index contributed by atoms with van der Waals surface area (Å²) in [4.78, 5) is 56.2. The zero-order valence-corrected chi connectivity index (χ0v) is 25.7. The molecule has 0 bridgehead atoms. The first-order chi connectivity index (χ1) is 21.9. The number of hydrogen-bond donors (Lipinski definition) is 3. The molecule has 243 valence electrons. The minimum absolute atomic E-state index is 0.0921. The summed E-state index contributed by atoms with van der Waals surface area (Å²) in [5.74, 6) is -2.99. The van der Waals surface area contributed by atoms with Crippen LogP contribution in [0.2, 0.25) is 0 Å². The highest BCUT2D eigenvalue weighted by Crippen LogP contribution is 2.27. The molecular weight excluding hydrogens is 605 g/mol. The molecule has 0 saturated heterocycles. The van der Waals surface area contributed by atoms with Crippen LogP contribution in [-0.4, -0.2) is 53.8 Å². The van der Waals surface area contributed by atoms with Crippen molar-refractivity contribution in [3.63, 3.8) is 0 Å². The number of Topliss-reactive ketones (excluding diaryl/α,β-unsaturated/α-hetero) is 1. The number of aromatic nitrogens is 1. The molecule has 3 aromatic rings. The van der Waals surface area contributed by atoms with Crippen LogP contribution in [0.5, 0.6) is 5.75 Å². The lowest BCUT2D eigenvalue weighted by Gasteiger charge is -2.16. The third kappa shape index (κ3) is 8.61. The van der Waals surface area contributed by atoms with Crippen LogP contribution in [0.3, 0.4) is 0 Å². The number of benzene rings is 2. The average molecular weight is 641 g/mol. The SMILES string of the molecule is CCC(=O)CCCCC[C@H](NC(=O)Cc1c(C)[nH]c2ccc(OC)cc12)C1=[N+]C=C(c2cccc(C(=O)OC(=O)C(F)(F)F)c2)N1. The highest BCUT2D eigenvalue weighted by atomic mass is 19.4. The molecule has 1 aromatic heterocycles. The fourth-order valence-electron chi connectivity index (χ4n) is 5.10. The number of alkyl halides is 3. The number of ether oxygens (including phenoxy) is 2. The van der Waals surface area contributed by atoms with E-state index < -0.39 is 24.2 Å². The van der Waals surface area contributed by atoms with Crippen molar-refractivity contribution >= 4 is 46.1 Å². The van der Waals surface area contributed by atoms with Crippen LogP contribution in [0, 0.1) is 6.92 Å². The average Bonchev–Trinajstić information content (AvgIpc) is 3.64. The number of H-pyrrole nitrogens is 1. The van der Waals surface area contributed by atoms with Crippen molar-refractivity contribution in [1.29, 1.82) is 0 Å². The summed E-state index contributed by atoms with van der Waals surface area (Å²) in [6.07, 6.45) is -0.0251. The first kappa shape index (κ1) is 33.9. The van der Waals surface area contributed by atoms with Gasteiger partial charge in [0, 0.05) is 35.0 Å². The quantitative estimate of drug-likeness (QED) is 0.128. The fourth-order valence-corrected chi connectivity index (χ4v) is 5.10. The topological polar surface area (TPSA) is 141 Å². The van der Waals surface area contributed by atoms with E-state index in [0.29, 0.717) is 48.5 Å². The Morgan fingerprint density at radius 3 is 2.54 bits per heavy atom. The van der Waals surface area contributed by atoms with E-state index in [-0.39, 0.29) is 23.7 Å². The number of hydrogen-bond acceptors (Lipinski definition) is 8. The Bertz CT molecular complexity index is 1690. The Labute approximate surface area is 263 Å². The number of aliphatic imine (C=N–C) groups is 1. The monoisotopic (exact) mass is 640 g/mol. The van der Waals surface area contributed by atoms with E-state index >= 15 is 0 Å². The maximum atomic E-state index is 13.4. The lowest BCUT2D eigenvalue weighted by Crippen LogP contribution is -2.47. The molecule has 1 radical (unpaired) electrons. The van der Waals surface area contributed by atoms with E-state index in [0.717, 1.165) is 35.0 Å². The second kappa shape index (κ2) is 14.9. The Kier molecular flexibility index (Phi) is 11.0. The largest absolute Gasteiger partial charge is 0.497 e. The number of halogens is 3. The number of aryl methyl sites for hydroxylation is 1. The van der Waals surface area contributed by atoms with Gasteiger partial charge in [-0.05, 0) is 60.7 Å². The fraction of sp³-hybridized carbons (Fsp3) is 0.364. The van der Waals surface area contributed by atoms with Gasteiger partial charge < -0.3 is 19.8 Å². The van der Waals surface area contributed by atoms with Crippen LogP contribution in [-0.2, 0) is 25.5 Å². The second-order valence-corrected chi connectivity index (χ2v) is 10.9. The van der Waals surface area contributed by atoms with Crippen molar-refractivity contribution in [2.24, 2.45) is 0 Å². The number of carbonyl (C=O) groups is 4. The van der Waals surface area contributed by atoms with Crippen molar-refractivity contribution < 1.29 is 41.8 Å². The molecule has 0 fully saturated rings. The van der Waals surface area contributed by atoms with E-state index in [9.17, 15) is 32.3 Å². The molecule has 1 aliphatic rings. The van der Waals surface area contributed by atoms with Crippen molar-refractivity contribution in [1.82, 2.24) is 20.6 Å². The number of ketones is 1. The van der Waals surface area contributed by atoms with Gasteiger partial charge in [0.05, 0.1) is 19.1 Å². The predicted molar refractivity (Wildman–Crippen MR) is 165 cm³/mol. The van der Waals surface area contributed by atoms with Gasteiger partial charge in [-0.25, -0.2) is 14.9 Å². The summed E-state index contributed by atoms with van der Waals surface area (Å²) in [5, 5.41) is 7.09. The summed E-state index contributed by atoms with van der Waals surface area (Å²) in [7, 11) is 1.57. The molecule has 3 N–H and O–H groups in total. The van der Waals surface area contributed by atoms with Crippen LogP contribution >= 0.6 is 0 Å². The van der Waals surface area contributed by atoms with E-state index in [2.05, 4.69) is 25.3 Å². The number of nitrogens with one attached hydrogen (secondary N) is 3. The van der Waals surface area contributed by atoms with Crippen molar-refractivity contribution in [3.05, 3.63) is 71.0 Å². The van der Waals surface area contributed by atoms with Gasteiger partial charge in [-0.2, -0.15) is 13.2 Å². The molecule has 4 rings (SSSR count). The highest BCUT2D eigenvalue weighted by Gasteiger charge is 2.42. The predicted octanol–water partition coefficient (Wildman–Crippen LogP) is 5.02. The summed E-state index contributed by atoms with van der Waals surface area (Å²) in [5.41, 5.74) is 3.13. The number of esters is 2. The van der Waals surface area contributed by atoms with Crippen LogP contribution in [0.25, 0.3) is 16.6 Å². The molecule has 10 nitrogen and oxygen atoms in total. The number of carbonyl (C=O) groups excluding carboxylic acids is 4. The minimum Gasteiger partial charge on any atom is -0.497 e. The third-order valence-electron chi connectivity index (χ3n) is 7.59. The molecule has 0 saturated carbocycles. The number of aromatic amines is 1. The van der Waals surface area contributed by atoms with Crippen LogP contribution in [0.15, 0.2) is 48.7 Å². The number of fused-ring (bicyclic) bond motifs is 1. The molecule has 1 aliphatic heterocycles. The molecule has 2 aromatic carbocycles. The molecule has 46 heavy (non-hydrogen) atoms. The zero-order chi connectivity index (χ0) is 33.4. The maximum absolute atomic E-state index is 13.4. The number of rotatable bonds is 14. The molecular formula is C33H35F3N4O6+. The van der Waals surface area contributed by atoms with Gasteiger partial charge in [0.25, 0.3) is 0 Å². The van der Waals surface area contributed by atoms with E-state index in [1.807, 2.05) is 32.0 Å². The number of methoxy groups -OCH3 is 1. The van der Waals surface area contributed by atoms with E-state index in [1.165, 1.54) is 24.4 Å². The van der Waals surface area contributed by atoms with Gasteiger partial charge in [-0.15, -0.1) is 0 Å². The Balaban J connectivity index is 1.46. The molecule has 1 atom stereocenters. The number of amidine groups is 1. The Morgan fingerprint density at radius 2 is 1.83 bits per heavy atom. The van der Waals surface area contributed by atoms with Crippen LogP contribution in [0.1, 0.15) is 72.6 Å². The van der Waals surface area contributed by atoms with Crippen molar-refractivity contribution in [2.45, 2.75) is 71.0 Å². The van der Waals surface area contributed by atoms with Gasteiger partial charge >= 0.3 is 24.0 Å². The first-order valence-electron chi connectivity index (χ1n) is 14.8. The molecule has 0 spiro atoms. The molecule has 1 amide bonds. The van der Waals surface area contributed by atoms with Crippen molar-refractivity contribution in [3.8, 4) is 5.75 Å². The standard InChI is InChI=1S/C33H35F3N4O6/c1-4-22(41)11-6-5-7-12-27(39-29(42)17-24-19(2)38-26-14-13-23(45-3)16-25(24)26)30-37-18-28(40-30)20-9-8-10-21(15-20)31(43)46-32(44)33(34,35)36/h8-10,13-16,18,27,38,40H,4-7,11-12,17H2,1-3H3,(H,39,42)/q+1/t27-/m0/s1. The lowest BCUT2D eigenvalue weighted by atomic mass is 10.0. The molecule has 13 heteroatoms. The van der Waals surface area contributed by atoms with Gasteiger partial charge in [-0.3, -0.25) is 9.59 Å². The Morgan fingerprint density at radius 1 is 1.04 bits per heavy atom. The highest BCUT2D eigenvalue weighted by molar-refractivity contribution is 6.01. The summed E-state index contributed by atoms with van der Waals surface area (Å²) < 4.78 is 47.0. The summed E-state index contributed by atoms with van der Waals surface area (Å²) in [6, 6.07) is 10.6. The third-order valence-corrected chi connectivity index (χ3v) is 7.59. The minimum atomic E-state index is -5.31. The van der Waals surface area contributed by atoms with E-state index in [4.69, 9.17) is 4.74 Å². The molecule has 2 heterocycles. The smallest absolute Gasteiger partial charge is 0.491 e. The normalized spacial score (nSPS) is 13.4. The van der Waals surface area contributed by atoms with E-state index in [1.54, 1.807) is 13.2 Å². The summed E-state index contributed by atoms with van der Waals surface area (Å²) >= 11 is 0. The van der Waals surface area contributed by atoms with Gasteiger partial charge in [0.1, 0.15) is 17.6 Å². The van der Waals surface area contributed by atoms with Gasteiger partial charge in [-0.1, -0.05) is 31.9 Å². The number of amides is 1. The molecule has 0 unspecified atom stereocenters. The van der Waals surface area contributed by atoms with Crippen LogP contribution in [0.4, 0.5) is 13.2 Å². The molecule has 0 aliphatic carbocycles. The summed E-state index contributed by atoms with van der Waals surface area (Å²) in [6.45, 7) is 3.72. The number of nitrogens with zero attached hydrogens (tertiary/aromatic N) is 1. The number of unbranched alkanes of at least 4 members (excludes halogenated alkanes) is 2. The first-order valence-corrected chi connectivity index (χ1v) is 14.8. The lowest BCUT2D eigenvalue weighted by molar-refractivity contribution is -0.193. The second-order valence-electron chi connectivity index (χ2n) is 10.9. The van der Waals surface area contributed by atoms with Crippen LogP contribution < -0.4 is 20.4 Å². The van der Waals surface area contributed by atoms with Gasteiger partial charge in [0.2, 0.25) is 5.91 Å². The van der Waals surface area contributed by atoms with Gasteiger partial charge in [0.15, 0.2) is 11.9 Å².